The van der Waals surface area contributed by atoms with E-state index in [4.69, 9.17) is 14.2 Å². The van der Waals surface area contributed by atoms with E-state index >= 15 is 0 Å². The first-order valence-corrected chi connectivity index (χ1v) is 17.4. The summed E-state index contributed by atoms with van der Waals surface area (Å²) in [5, 5.41) is 59.2. The largest absolute Gasteiger partial charge is 0.507 e. The van der Waals surface area contributed by atoms with Gasteiger partial charge in [-0.15, -0.1) is 0 Å². The SMILES string of the molecule is CC(=O)N[C@H]1[C@H]([C@H](O)[C@H](O)CNC(=O)c2cc(C)c(O)c(C)c2)O[C@@](CCN2CCOCC23CCN(C(=O)OC(C)(C)C)CC3)(C(=O)O)C[C@@H]1O. The average molecular weight is 723 g/mol. The van der Waals surface area contributed by atoms with Gasteiger partial charge in [-0.25, -0.2) is 9.59 Å². The number of aromatic hydroxyl groups is 1. The van der Waals surface area contributed by atoms with E-state index in [2.05, 4.69) is 15.5 Å². The molecule has 51 heavy (non-hydrogen) atoms. The van der Waals surface area contributed by atoms with Crippen LogP contribution in [-0.4, -0.2) is 152 Å². The summed E-state index contributed by atoms with van der Waals surface area (Å²) < 4.78 is 17.5. The van der Waals surface area contributed by atoms with Gasteiger partial charge in [-0.3, -0.25) is 14.5 Å². The molecule has 0 aliphatic carbocycles. The summed E-state index contributed by atoms with van der Waals surface area (Å²) in [5.74, 6) is -2.50. The molecule has 0 unspecified atom stereocenters. The Kier molecular flexibility index (Phi) is 12.6. The van der Waals surface area contributed by atoms with Crippen molar-refractivity contribution in [2.45, 2.75) is 114 Å². The number of aliphatic carboxylic acids is 1. The smallest absolute Gasteiger partial charge is 0.410 e. The molecule has 16 nitrogen and oxygen atoms in total. The van der Waals surface area contributed by atoms with Crippen molar-refractivity contribution in [2.75, 3.05) is 45.9 Å². The molecule has 3 aliphatic rings. The van der Waals surface area contributed by atoms with E-state index in [-0.39, 0.29) is 24.3 Å². The molecule has 4 rings (SSSR count). The highest BCUT2D eigenvalue weighted by molar-refractivity contribution is 5.94. The van der Waals surface area contributed by atoms with Crippen LogP contribution >= 0.6 is 0 Å². The van der Waals surface area contributed by atoms with Crippen LogP contribution in [0.4, 0.5) is 4.79 Å². The zero-order valence-corrected chi connectivity index (χ0v) is 30.3. The number of nitrogens with zero attached hydrogens (tertiary/aromatic N) is 2. The standard InChI is InChI=1S/C35H54N4O12/c1-20-15-23(16-21(2)27(20)43)30(45)36-18-25(42)28(44)29-26(37-22(3)40)24(41)17-35(50-29,31(46)47)9-12-39-13-14-49-19-34(39)7-10-38(11-8-34)32(48)51-33(4,5)6/h15-16,24-26,28-29,41-44H,7-14,17-19H2,1-6H3,(H,36,45)(H,37,40)(H,46,47)/t24-,25+,26+,28+,29+,35+/m0/s1. The average Bonchev–Trinajstić information content (AvgIpc) is 3.05. The maximum atomic E-state index is 13.0. The maximum absolute atomic E-state index is 13.0. The molecule has 0 aromatic heterocycles. The quantitative estimate of drug-likeness (QED) is 0.174. The van der Waals surface area contributed by atoms with Crippen molar-refractivity contribution in [3.8, 4) is 5.75 Å². The lowest BCUT2D eigenvalue weighted by Crippen LogP contribution is -2.68. The Hall–Kier alpha value is -3.54. The summed E-state index contributed by atoms with van der Waals surface area (Å²) in [4.78, 5) is 54.4. The highest BCUT2D eigenvalue weighted by Crippen LogP contribution is 2.38. The molecular weight excluding hydrogens is 668 g/mol. The molecular formula is C35H54N4O12. The lowest BCUT2D eigenvalue weighted by Gasteiger charge is -2.52. The van der Waals surface area contributed by atoms with Gasteiger partial charge in [0.25, 0.3) is 5.91 Å². The first-order valence-electron chi connectivity index (χ1n) is 17.4. The number of likely N-dealkylation sites (tertiary alicyclic amines) is 1. The molecule has 0 radical (unpaired) electrons. The highest BCUT2D eigenvalue weighted by atomic mass is 16.6. The van der Waals surface area contributed by atoms with Gasteiger partial charge in [-0.1, -0.05) is 0 Å². The number of rotatable bonds is 10. The minimum absolute atomic E-state index is 0.0494. The molecule has 3 aliphatic heterocycles. The third-order valence-electron chi connectivity index (χ3n) is 10.1. The summed E-state index contributed by atoms with van der Waals surface area (Å²) in [6.07, 6.45) is -6.39. The number of carboxylic acids is 1. The summed E-state index contributed by atoms with van der Waals surface area (Å²) in [6, 6.07) is 1.67. The predicted octanol–water partition coefficient (Wildman–Crippen LogP) is 0.431. The van der Waals surface area contributed by atoms with Gasteiger partial charge >= 0.3 is 12.1 Å². The van der Waals surface area contributed by atoms with Gasteiger partial charge in [0.2, 0.25) is 5.91 Å². The van der Waals surface area contributed by atoms with Crippen molar-refractivity contribution in [1.82, 2.24) is 20.4 Å². The van der Waals surface area contributed by atoms with Crippen molar-refractivity contribution in [3.63, 3.8) is 0 Å². The summed E-state index contributed by atoms with van der Waals surface area (Å²) in [6.45, 7) is 11.7. The van der Waals surface area contributed by atoms with Crippen LogP contribution in [0.2, 0.25) is 0 Å². The Morgan fingerprint density at radius 1 is 1.08 bits per heavy atom. The number of benzene rings is 1. The van der Waals surface area contributed by atoms with Crippen molar-refractivity contribution >= 4 is 23.9 Å². The zero-order valence-electron chi connectivity index (χ0n) is 30.3. The molecule has 1 aromatic rings. The number of phenolic OH excluding ortho intramolecular Hbond substituents is 1. The monoisotopic (exact) mass is 722 g/mol. The van der Waals surface area contributed by atoms with Gasteiger partial charge in [-0.05, 0) is 70.7 Å². The minimum atomic E-state index is -2.01. The van der Waals surface area contributed by atoms with Gasteiger partial charge in [0, 0.05) is 63.6 Å². The first-order chi connectivity index (χ1) is 23.8. The maximum Gasteiger partial charge on any atom is 0.410 e. The second kappa shape index (κ2) is 16.0. The number of carbonyl (C=O) groups excluding carboxylic acids is 3. The number of amides is 3. The Bertz CT molecular complexity index is 1420. The Morgan fingerprint density at radius 3 is 2.27 bits per heavy atom. The van der Waals surface area contributed by atoms with Crippen LogP contribution in [-0.2, 0) is 23.8 Å². The Morgan fingerprint density at radius 2 is 1.71 bits per heavy atom. The third-order valence-corrected chi connectivity index (χ3v) is 10.1. The third kappa shape index (κ3) is 9.47. The van der Waals surface area contributed by atoms with Crippen molar-refractivity contribution in [1.29, 1.82) is 0 Å². The van der Waals surface area contributed by atoms with E-state index in [0.717, 1.165) is 0 Å². The molecule has 3 heterocycles. The van der Waals surface area contributed by atoms with Crippen LogP contribution in [0.25, 0.3) is 0 Å². The van der Waals surface area contributed by atoms with Crippen LogP contribution < -0.4 is 10.6 Å². The fourth-order valence-electron chi connectivity index (χ4n) is 7.21. The topological polar surface area (TPSA) is 228 Å². The van der Waals surface area contributed by atoms with Gasteiger partial charge in [0.15, 0.2) is 5.60 Å². The molecule has 6 atom stereocenters. The Labute approximate surface area is 298 Å². The fraction of sp³-hybridized carbons (Fsp3) is 0.714. The van der Waals surface area contributed by atoms with Crippen LogP contribution in [0, 0.1) is 13.8 Å². The molecule has 3 saturated heterocycles. The van der Waals surface area contributed by atoms with Gasteiger partial charge in [-0.2, -0.15) is 0 Å². The molecule has 3 fully saturated rings. The molecule has 3 amide bonds. The number of hydrogen-bond donors (Lipinski definition) is 7. The van der Waals surface area contributed by atoms with E-state index in [0.29, 0.717) is 56.8 Å². The number of carbonyl (C=O) groups is 4. The second-order valence-electron chi connectivity index (χ2n) is 15.1. The number of aliphatic hydroxyl groups is 3. The lowest BCUT2D eigenvalue weighted by atomic mass is 9.80. The van der Waals surface area contributed by atoms with E-state index in [1.165, 1.54) is 19.1 Å². The number of ether oxygens (including phenoxy) is 3. The Balaban J connectivity index is 1.48. The molecule has 286 valence electrons. The summed E-state index contributed by atoms with van der Waals surface area (Å²) >= 11 is 0. The summed E-state index contributed by atoms with van der Waals surface area (Å²) in [5.41, 5.74) is -1.97. The van der Waals surface area contributed by atoms with Crippen molar-refractivity contribution in [2.24, 2.45) is 0 Å². The van der Waals surface area contributed by atoms with Crippen molar-refractivity contribution in [3.05, 3.63) is 28.8 Å². The minimum Gasteiger partial charge on any atom is -0.507 e. The van der Waals surface area contributed by atoms with Gasteiger partial charge in [0.1, 0.15) is 23.6 Å². The normalized spacial score (nSPS) is 26.6. The lowest BCUT2D eigenvalue weighted by molar-refractivity contribution is -0.231. The molecule has 0 saturated carbocycles. The fourth-order valence-corrected chi connectivity index (χ4v) is 7.21. The number of aryl methyl sites for hydroxylation is 2. The number of morpholine rings is 1. The van der Waals surface area contributed by atoms with Crippen LogP contribution in [0.1, 0.15) is 74.9 Å². The van der Waals surface area contributed by atoms with Gasteiger partial charge in [0.05, 0.1) is 31.5 Å². The first kappa shape index (κ1) is 40.2. The van der Waals surface area contributed by atoms with Gasteiger partial charge < -0.3 is 55.3 Å². The number of hydrogen-bond acceptors (Lipinski definition) is 12. The van der Waals surface area contributed by atoms with E-state index in [1.807, 2.05) is 0 Å². The number of phenols is 1. The molecule has 7 N–H and O–H groups in total. The molecule has 0 bridgehead atoms. The van der Waals surface area contributed by atoms with Crippen LogP contribution in [0.5, 0.6) is 5.75 Å². The molecule has 1 spiro atoms. The van der Waals surface area contributed by atoms with Crippen LogP contribution in [0.3, 0.4) is 0 Å². The number of piperidine rings is 1. The molecule has 16 heteroatoms. The number of nitrogens with one attached hydrogen (secondary N) is 2. The van der Waals surface area contributed by atoms with Crippen molar-refractivity contribution < 1.29 is 58.9 Å². The van der Waals surface area contributed by atoms with E-state index < -0.39 is 84.0 Å². The van der Waals surface area contributed by atoms with E-state index in [9.17, 15) is 44.7 Å². The molecule has 1 aromatic carbocycles. The summed E-state index contributed by atoms with van der Waals surface area (Å²) in [7, 11) is 0. The predicted molar refractivity (Wildman–Crippen MR) is 182 cm³/mol. The zero-order chi connectivity index (χ0) is 37.9. The van der Waals surface area contributed by atoms with Crippen LogP contribution in [0.15, 0.2) is 12.1 Å². The van der Waals surface area contributed by atoms with E-state index in [1.54, 1.807) is 39.5 Å². The second-order valence-corrected chi connectivity index (χ2v) is 15.1. The highest BCUT2D eigenvalue weighted by Gasteiger charge is 2.55. The number of aliphatic hydroxyl groups excluding tert-OH is 3. The number of carboxylic acid groups (broad SMARTS) is 1.